The molecule has 0 bridgehead atoms. The molecule has 5 heteroatoms. The fraction of sp³-hybridized carbons (Fsp3) is 0.769. The molecule has 0 amide bonds. The van der Waals surface area contributed by atoms with Gasteiger partial charge < -0.3 is 10.6 Å². The predicted octanol–water partition coefficient (Wildman–Crippen LogP) is 1.56. The predicted molar refractivity (Wildman–Crippen MR) is 74.7 cm³/mol. The second-order valence-corrected chi connectivity index (χ2v) is 4.64. The number of hydrogen-bond donors (Lipinski definition) is 1. The average molecular weight is 251 g/mol. The zero-order valence-corrected chi connectivity index (χ0v) is 12.0. The van der Waals surface area contributed by atoms with E-state index in [1.54, 1.807) is 0 Å². The van der Waals surface area contributed by atoms with Crippen LogP contribution in [0.4, 0.5) is 5.95 Å². The van der Waals surface area contributed by atoms with Crippen molar-refractivity contribution in [2.75, 3.05) is 18.0 Å². The van der Waals surface area contributed by atoms with E-state index in [0.717, 1.165) is 43.1 Å². The minimum atomic E-state index is 0.357. The van der Waals surface area contributed by atoms with Crippen LogP contribution in [-0.4, -0.2) is 34.3 Å². The van der Waals surface area contributed by atoms with Crippen molar-refractivity contribution in [3.8, 4) is 0 Å². The fourth-order valence-corrected chi connectivity index (χ4v) is 1.90. The van der Waals surface area contributed by atoms with Gasteiger partial charge in [0, 0.05) is 12.6 Å². The molecule has 5 nitrogen and oxygen atoms in total. The molecule has 1 aromatic rings. The summed E-state index contributed by atoms with van der Waals surface area (Å²) in [6.07, 6.45) is 2.72. The molecule has 0 atom stereocenters. The van der Waals surface area contributed by atoms with E-state index in [2.05, 4.69) is 47.8 Å². The van der Waals surface area contributed by atoms with Crippen LogP contribution in [0.2, 0.25) is 0 Å². The molecule has 0 fully saturated rings. The quantitative estimate of drug-likeness (QED) is 0.796. The van der Waals surface area contributed by atoms with Crippen molar-refractivity contribution in [1.82, 2.24) is 15.2 Å². The largest absolute Gasteiger partial charge is 0.337 e. The van der Waals surface area contributed by atoms with E-state index in [9.17, 15) is 0 Å². The van der Waals surface area contributed by atoms with Crippen molar-refractivity contribution in [3.05, 3.63) is 11.4 Å². The lowest BCUT2D eigenvalue weighted by atomic mass is 10.2. The molecular formula is C13H25N5. The maximum atomic E-state index is 5.57. The van der Waals surface area contributed by atoms with Gasteiger partial charge in [0.05, 0.1) is 11.4 Å². The summed E-state index contributed by atoms with van der Waals surface area (Å²) >= 11 is 0. The van der Waals surface area contributed by atoms with Gasteiger partial charge in [-0.15, -0.1) is 5.10 Å². The Bertz CT molecular complexity index is 364. The van der Waals surface area contributed by atoms with Gasteiger partial charge in [-0.05, 0) is 39.7 Å². The highest BCUT2D eigenvalue weighted by Gasteiger charge is 2.15. The third kappa shape index (κ3) is 3.63. The summed E-state index contributed by atoms with van der Waals surface area (Å²) in [5.74, 6) is 0.729. The SMILES string of the molecule is CCc1nnc(N(CCCN)C(C)C)nc1CC. The monoisotopic (exact) mass is 251 g/mol. The maximum Gasteiger partial charge on any atom is 0.245 e. The third-order valence-corrected chi connectivity index (χ3v) is 2.98. The van der Waals surface area contributed by atoms with Crippen LogP contribution in [0.5, 0.6) is 0 Å². The van der Waals surface area contributed by atoms with E-state index in [1.807, 2.05) is 0 Å². The Labute approximate surface area is 110 Å². The van der Waals surface area contributed by atoms with Crippen LogP contribution in [0.3, 0.4) is 0 Å². The van der Waals surface area contributed by atoms with Crippen LogP contribution in [-0.2, 0) is 12.8 Å². The van der Waals surface area contributed by atoms with Gasteiger partial charge in [0.2, 0.25) is 5.95 Å². The van der Waals surface area contributed by atoms with Crippen LogP contribution in [0.1, 0.15) is 45.5 Å². The van der Waals surface area contributed by atoms with Gasteiger partial charge in [0.1, 0.15) is 0 Å². The maximum absolute atomic E-state index is 5.57. The molecule has 0 aliphatic rings. The minimum absolute atomic E-state index is 0.357. The first-order valence-electron chi connectivity index (χ1n) is 6.83. The normalized spacial score (nSPS) is 11.0. The summed E-state index contributed by atoms with van der Waals surface area (Å²) in [5, 5.41) is 8.55. The topological polar surface area (TPSA) is 67.9 Å². The second-order valence-electron chi connectivity index (χ2n) is 4.64. The highest BCUT2D eigenvalue weighted by molar-refractivity contribution is 5.31. The number of hydrogen-bond acceptors (Lipinski definition) is 5. The van der Waals surface area contributed by atoms with Crippen LogP contribution in [0.25, 0.3) is 0 Å². The first kappa shape index (κ1) is 14.8. The van der Waals surface area contributed by atoms with Gasteiger partial charge in [0.15, 0.2) is 0 Å². The molecule has 102 valence electrons. The molecule has 0 radical (unpaired) electrons. The van der Waals surface area contributed by atoms with E-state index in [0.29, 0.717) is 12.6 Å². The molecule has 0 aliphatic carbocycles. The van der Waals surface area contributed by atoms with Gasteiger partial charge in [-0.3, -0.25) is 0 Å². The Balaban J connectivity index is 2.97. The average Bonchev–Trinajstić information content (AvgIpc) is 2.38. The van der Waals surface area contributed by atoms with E-state index in [-0.39, 0.29) is 0 Å². The minimum Gasteiger partial charge on any atom is -0.337 e. The second kappa shape index (κ2) is 7.26. The summed E-state index contributed by atoms with van der Waals surface area (Å²) < 4.78 is 0. The number of nitrogens with zero attached hydrogens (tertiary/aromatic N) is 4. The van der Waals surface area contributed by atoms with E-state index < -0.39 is 0 Å². The first-order chi connectivity index (χ1) is 8.63. The van der Waals surface area contributed by atoms with Crippen molar-refractivity contribution in [3.63, 3.8) is 0 Å². The van der Waals surface area contributed by atoms with Gasteiger partial charge >= 0.3 is 0 Å². The Kier molecular flexibility index (Phi) is 5.98. The number of rotatable bonds is 7. The standard InChI is InChI=1S/C13H25N5/c1-5-11-12(6-2)16-17-13(15-11)18(10(3)4)9-7-8-14/h10H,5-9,14H2,1-4H3. The lowest BCUT2D eigenvalue weighted by Gasteiger charge is -2.26. The van der Waals surface area contributed by atoms with Gasteiger partial charge in [-0.1, -0.05) is 13.8 Å². The number of aromatic nitrogens is 3. The molecule has 2 N–H and O–H groups in total. The summed E-state index contributed by atoms with van der Waals surface area (Å²) in [5.41, 5.74) is 7.63. The lowest BCUT2D eigenvalue weighted by molar-refractivity contribution is 0.626. The van der Waals surface area contributed by atoms with Crippen LogP contribution >= 0.6 is 0 Å². The summed E-state index contributed by atoms with van der Waals surface area (Å²) in [7, 11) is 0. The van der Waals surface area contributed by atoms with Gasteiger partial charge in [-0.2, -0.15) is 5.10 Å². The Hall–Kier alpha value is -1.23. The van der Waals surface area contributed by atoms with Gasteiger partial charge in [0.25, 0.3) is 0 Å². The Morgan fingerprint density at radius 2 is 1.78 bits per heavy atom. The Morgan fingerprint density at radius 3 is 2.28 bits per heavy atom. The molecule has 0 aliphatic heterocycles. The highest BCUT2D eigenvalue weighted by Crippen LogP contribution is 2.13. The first-order valence-corrected chi connectivity index (χ1v) is 6.83. The number of anilines is 1. The summed E-state index contributed by atoms with van der Waals surface area (Å²) in [6.45, 7) is 10.0. The van der Waals surface area contributed by atoms with Crippen molar-refractivity contribution in [1.29, 1.82) is 0 Å². The van der Waals surface area contributed by atoms with Gasteiger partial charge in [-0.25, -0.2) is 4.98 Å². The number of aryl methyl sites for hydroxylation is 2. The Morgan fingerprint density at radius 1 is 1.11 bits per heavy atom. The van der Waals surface area contributed by atoms with Crippen molar-refractivity contribution < 1.29 is 0 Å². The molecule has 0 saturated carbocycles. The lowest BCUT2D eigenvalue weighted by Crippen LogP contribution is -2.34. The van der Waals surface area contributed by atoms with Crippen molar-refractivity contribution >= 4 is 5.95 Å². The molecule has 0 aromatic carbocycles. The fourth-order valence-electron chi connectivity index (χ4n) is 1.90. The molecule has 1 rings (SSSR count). The smallest absolute Gasteiger partial charge is 0.245 e. The third-order valence-electron chi connectivity index (χ3n) is 2.98. The van der Waals surface area contributed by atoms with E-state index >= 15 is 0 Å². The van der Waals surface area contributed by atoms with E-state index in [1.165, 1.54) is 0 Å². The van der Waals surface area contributed by atoms with Crippen LogP contribution < -0.4 is 10.6 Å². The summed E-state index contributed by atoms with van der Waals surface area (Å²) in [4.78, 5) is 6.81. The molecule has 1 heterocycles. The molecule has 1 aromatic heterocycles. The molecule has 18 heavy (non-hydrogen) atoms. The van der Waals surface area contributed by atoms with Crippen LogP contribution in [0, 0.1) is 0 Å². The highest BCUT2D eigenvalue weighted by atomic mass is 15.3. The zero-order chi connectivity index (χ0) is 13.5. The van der Waals surface area contributed by atoms with Crippen LogP contribution in [0.15, 0.2) is 0 Å². The van der Waals surface area contributed by atoms with E-state index in [4.69, 9.17) is 5.73 Å². The molecule has 0 unspecified atom stereocenters. The molecule has 0 spiro atoms. The molecular weight excluding hydrogens is 226 g/mol. The summed E-state index contributed by atoms with van der Waals surface area (Å²) in [6, 6.07) is 0.357. The number of nitrogens with two attached hydrogens (primary N) is 1. The van der Waals surface area contributed by atoms with Crippen molar-refractivity contribution in [2.24, 2.45) is 5.73 Å². The zero-order valence-electron chi connectivity index (χ0n) is 12.0. The van der Waals surface area contributed by atoms with Crippen molar-refractivity contribution in [2.45, 2.75) is 53.0 Å². The molecule has 0 saturated heterocycles.